The molecule has 202 valence electrons. The maximum absolute atomic E-state index is 12.7. The molecular weight excluding hydrogens is 632 g/mol. The second-order valence-electron chi connectivity index (χ2n) is 9.94. The van der Waals surface area contributed by atoms with Gasteiger partial charge in [0, 0.05) is 60.6 Å². The standard InChI is InChI=1S/C15H15BrN2O3.C13H11BrN2O2/c16-10-1-2-11-12(9-10)17-13-3-4-15(20-7-8-21-15)5-6-18(13)14(11)19;14-8-1-3-10-11(7-8)15-12-4-2-9(17)5-6-16(12)13(10)18/h1-2,9H,3-8H2;1,3,7H,2,4-6H2. The second kappa shape index (κ2) is 10.7. The van der Waals surface area contributed by atoms with Gasteiger partial charge < -0.3 is 9.47 Å². The van der Waals surface area contributed by atoms with Gasteiger partial charge >= 0.3 is 0 Å². The summed E-state index contributed by atoms with van der Waals surface area (Å²) in [6.45, 7) is 2.31. The van der Waals surface area contributed by atoms with Crippen LogP contribution in [0.25, 0.3) is 21.8 Å². The molecule has 0 bridgehead atoms. The molecule has 2 aromatic heterocycles. The molecule has 1 spiro atoms. The van der Waals surface area contributed by atoms with E-state index in [-0.39, 0.29) is 16.9 Å². The first-order chi connectivity index (χ1) is 18.8. The summed E-state index contributed by atoms with van der Waals surface area (Å²) < 4.78 is 16.8. The molecule has 1 fully saturated rings. The van der Waals surface area contributed by atoms with Gasteiger partial charge in [-0.05, 0) is 36.4 Å². The number of Topliss-reactive ketones (excluding diaryl/α,β-unsaturated/α-hetero) is 1. The lowest BCUT2D eigenvalue weighted by Gasteiger charge is -2.24. The van der Waals surface area contributed by atoms with Gasteiger partial charge in [0.1, 0.15) is 17.4 Å². The Hall–Kier alpha value is -2.73. The molecule has 11 heteroatoms. The van der Waals surface area contributed by atoms with Crippen LogP contribution in [0.5, 0.6) is 0 Å². The quantitative estimate of drug-likeness (QED) is 0.278. The van der Waals surface area contributed by atoms with Crippen molar-refractivity contribution in [2.75, 3.05) is 13.2 Å². The van der Waals surface area contributed by atoms with Crippen molar-refractivity contribution in [2.24, 2.45) is 0 Å². The molecule has 2 aromatic carbocycles. The fourth-order valence-electron chi connectivity index (χ4n) is 5.43. The van der Waals surface area contributed by atoms with Gasteiger partial charge in [0.15, 0.2) is 5.79 Å². The van der Waals surface area contributed by atoms with Crippen molar-refractivity contribution >= 4 is 59.4 Å². The molecule has 0 amide bonds. The molecular formula is C28H26Br2N4O5. The SMILES string of the molecule is O=C1CCc2nc3cc(Br)ccc3c(=O)n2CC1.O=c1c2ccc(Br)cc2nc2n1CCC1(CC2)OCCO1. The molecule has 5 heterocycles. The molecule has 0 N–H and O–H groups in total. The van der Waals surface area contributed by atoms with E-state index in [1.807, 2.05) is 30.3 Å². The zero-order valence-electron chi connectivity index (χ0n) is 21.1. The van der Waals surface area contributed by atoms with Crippen molar-refractivity contribution < 1.29 is 14.3 Å². The summed E-state index contributed by atoms with van der Waals surface area (Å²) in [6.07, 6.45) is 3.60. The highest BCUT2D eigenvalue weighted by Gasteiger charge is 2.38. The Balaban J connectivity index is 0.000000144. The van der Waals surface area contributed by atoms with Crippen LogP contribution in [0.15, 0.2) is 54.9 Å². The maximum Gasteiger partial charge on any atom is 0.261 e. The van der Waals surface area contributed by atoms with Gasteiger partial charge in [0.05, 0.1) is 35.0 Å². The predicted octanol–water partition coefficient (Wildman–Crippen LogP) is 4.30. The van der Waals surface area contributed by atoms with Crippen molar-refractivity contribution in [2.45, 2.75) is 57.4 Å². The minimum atomic E-state index is -0.521. The number of benzene rings is 2. The van der Waals surface area contributed by atoms with Crippen molar-refractivity contribution in [3.8, 4) is 0 Å². The summed E-state index contributed by atoms with van der Waals surface area (Å²) in [5, 5.41) is 1.27. The van der Waals surface area contributed by atoms with E-state index >= 15 is 0 Å². The minimum absolute atomic E-state index is 0.0255. The Morgan fingerprint density at radius 1 is 0.692 bits per heavy atom. The van der Waals surface area contributed by atoms with Crippen molar-refractivity contribution in [3.63, 3.8) is 0 Å². The van der Waals surface area contributed by atoms with Crippen LogP contribution in [0.4, 0.5) is 0 Å². The van der Waals surface area contributed by atoms with Gasteiger partial charge in [0.25, 0.3) is 11.1 Å². The third-order valence-corrected chi connectivity index (χ3v) is 8.48. The number of halogens is 2. The van der Waals surface area contributed by atoms with Gasteiger partial charge in [-0.1, -0.05) is 31.9 Å². The highest BCUT2D eigenvalue weighted by molar-refractivity contribution is 9.10. The van der Waals surface area contributed by atoms with Gasteiger partial charge in [-0.3, -0.25) is 23.5 Å². The van der Waals surface area contributed by atoms with E-state index in [4.69, 9.17) is 9.47 Å². The summed E-state index contributed by atoms with van der Waals surface area (Å²) in [6, 6.07) is 11.0. The minimum Gasteiger partial charge on any atom is -0.347 e. The lowest BCUT2D eigenvalue weighted by Crippen LogP contribution is -2.31. The van der Waals surface area contributed by atoms with E-state index in [2.05, 4.69) is 41.8 Å². The van der Waals surface area contributed by atoms with E-state index in [1.54, 1.807) is 15.2 Å². The van der Waals surface area contributed by atoms with Crippen LogP contribution in [-0.2, 0) is 40.2 Å². The number of hydrogen-bond acceptors (Lipinski definition) is 7. The number of carbonyl (C=O) groups excluding carboxylic acids is 1. The number of aryl methyl sites for hydroxylation is 2. The molecule has 0 aliphatic carbocycles. The van der Waals surface area contributed by atoms with Gasteiger partial charge in [-0.2, -0.15) is 0 Å². The molecule has 0 unspecified atom stereocenters. The van der Waals surface area contributed by atoms with E-state index in [9.17, 15) is 14.4 Å². The molecule has 1 saturated heterocycles. The van der Waals surface area contributed by atoms with Gasteiger partial charge in [-0.15, -0.1) is 0 Å². The summed E-state index contributed by atoms with van der Waals surface area (Å²) in [5.41, 5.74) is 1.41. The summed E-state index contributed by atoms with van der Waals surface area (Å²) in [5.74, 6) is 1.22. The fourth-order valence-corrected chi connectivity index (χ4v) is 6.13. The first-order valence-corrected chi connectivity index (χ1v) is 14.6. The zero-order valence-corrected chi connectivity index (χ0v) is 24.3. The first kappa shape index (κ1) is 26.5. The van der Waals surface area contributed by atoms with E-state index in [1.165, 1.54) is 0 Å². The molecule has 3 aliphatic rings. The van der Waals surface area contributed by atoms with Crippen LogP contribution < -0.4 is 11.1 Å². The third-order valence-electron chi connectivity index (χ3n) is 7.49. The number of rotatable bonds is 0. The number of nitrogens with zero attached hydrogens (tertiary/aromatic N) is 4. The Bertz CT molecular complexity index is 1730. The molecule has 4 aromatic rings. The Labute approximate surface area is 240 Å². The first-order valence-electron chi connectivity index (χ1n) is 13.0. The number of aromatic nitrogens is 4. The number of hydrogen-bond donors (Lipinski definition) is 0. The normalized spacial score (nSPS) is 18.3. The van der Waals surface area contributed by atoms with Crippen LogP contribution in [0, 0.1) is 0 Å². The molecule has 9 nitrogen and oxygen atoms in total. The number of fused-ring (bicyclic) bond motifs is 4. The van der Waals surface area contributed by atoms with Crippen molar-refractivity contribution in [1.82, 2.24) is 19.1 Å². The lowest BCUT2D eigenvalue weighted by molar-refractivity contribution is -0.165. The van der Waals surface area contributed by atoms with Crippen molar-refractivity contribution in [3.05, 3.63) is 77.7 Å². The van der Waals surface area contributed by atoms with Crippen LogP contribution in [0.3, 0.4) is 0 Å². The summed E-state index contributed by atoms with van der Waals surface area (Å²) in [7, 11) is 0. The molecule has 0 atom stereocenters. The smallest absolute Gasteiger partial charge is 0.261 e. The van der Waals surface area contributed by atoms with Gasteiger partial charge in [0.2, 0.25) is 0 Å². The average Bonchev–Trinajstić information content (AvgIpc) is 3.20. The molecule has 39 heavy (non-hydrogen) atoms. The second-order valence-corrected chi connectivity index (χ2v) is 11.8. The van der Waals surface area contributed by atoms with Crippen LogP contribution in [0.1, 0.15) is 37.3 Å². The zero-order chi connectivity index (χ0) is 27.1. The number of ether oxygens (including phenoxy) is 2. The van der Waals surface area contributed by atoms with E-state index in [0.717, 1.165) is 32.5 Å². The van der Waals surface area contributed by atoms with Gasteiger partial charge in [-0.25, -0.2) is 9.97 Å². The largest absolute Gasteiger partial charge is 0.347 e. The molecule has 7 rings (SSSR count). The summed E-state index contributed by atoms with van der Waals surface area (Å²) >= 11 is 6.80. The number of ketones is 1. The molecule has 0 radical (unpaired) electrons. The molecule has 0 saturated carbocycles. The Morgan fingerprint density at radius 3 is 1.87 bits per heavy atom. The Kier molecular flexibility index (Phi) is 7.26. The van der Waals surface area contributed by atoms with Crippen LogP contribution in [-0.4, -0.2) is 43.9 Å². The predicted molar refractivity (Wildman–Crippen MR) is 153 cm³/mol. The van der Waals surface area contributed by atoms with Crippen molar-refractivity contribution in [1.29, 1.82) is 0 Å². The highest BCUT2D eigenvalue weighted by atomic mass is 79.9. The lowest BCUT2D eigenvalue weighted by atomic mass is 10.1. The van der Waals surface area contributed by atoms with E-state index in [0.29, 0.717) is 74.7 Å². The molecule has 3 aliphatic heterocycles. The monoisotopic (exact) mass is 656 g/mol. The van der Waals surface area contributed by atoms with Crippen LogP contribution in [0.2, 0.25) is 0 Å². The van der Waals surface area contributed by atoms with Crippen LogP contribution >= 0.6 is 31.9 Å². The fraction of sp³-hybridized carbons (Fsp3) is 0.393. The van der Waals surface area contributed by atoms with E-state index < -0.39 is 5.79 Å². The number of carbonyl (C=O) groups is 1. The maximum atomic E-state index is 12.7. The average molecular weight is 658 g/mol. The third kappa shape index (κ3) is 5.25. The Morgan fingerprint density at radius 2 is 1.26 bits per heavy atom. The highest BCUT2D eigenvalue weighted by Crippen LogP contribution is 2.32. The topological polar surface area (TPSA) is 105 Å². The summed E-state index contributed by atoms with van der Waals surface area (Å²) in [4.78, 5) is 45.7.